The molecule has 0 radical (unpaired) electrons. The molecule has 3 heterocycles. The average Bonchev–Trinajstić information content (AvgIpc) is 3.29. The Morgan fingerprint density at radius 1 is 1.15 bits per heavy atom. The van der Waals surface area contributed by atoms with Crippen LogP contribution >= 0.6 is 0 Å². The summed E-state index contributed by atoms with van der Waals surface area (Å²) in [5.74, 6) is 0.980. The van der Waals surface area contributed by atoms with Crippen LogP contribution in [0.15, 0.2) is 61.1 Å². The van der Waals surface area contributed by atoms with Gasteiger partial charge in [0.2, 0.25) is 11.8 Å². The lowest BCUT2D eigenvalue weighted by Gasteiger charge is -2.16. The molecule has 136 valence electrons. The second-order valence-corrected chi connectivity index (χ2v) is 6.48. The molecular formula is C20H19N5O2. The number of rotatable bonds is 4. The topological polar surface area (TPSA) is 80.1 Å². The van der Waals surface area contributed by atoms with E-state index in [1.165, 1.54) is 0 Å². The highest BCUT2D eigenvalue weighted by molar-refractivity contribution is 6.03. The molecule has 27 heavy (non-hydrogen) atoms. The number of anilines is 2. The predicted octanol–water partition coefficient (Wildman–Crippen LogP) is 2.57. The molecular weight excluding hydrogens is 342 g/mol. The number of carbonyl (C=O) groups is 2. The first-order chi connectivity index (χ1) is 13.1. The molecule has 0 aliphatic carbocycles. The van der Waals surface area contributed by atoms with Gasteiger partial charge >= 0.3 is 0 Å². The summed E-state index contributed by atoms with van der Waals surface area (Å²) in [5, 5.41) is 2.86. The van der Waals surface area contributed by atoms with Crippen molar-refractivity contribution in [1.29, 1.82) is 0 Å². The Labute approximate surface area is 156 Å². The number of hydrogen-bond donors (Lipinski definition) is 1. The molecule has 7 nitrogen and oxygen atoms in total. The summed E-state index contributed by atoms with van der Waals surface area (Å²) < 4.78 is 1.86. The number of imidazole rings is 1. The van der Waals surface area contributed by atoms with Gasteiger partial charge in [-0.2, -0.15) is 0 Å². The van der Waals surface area contributed by atoms with Gasteiger partial charge in [0.15, 0.2) is 0 Å². The molecule has 1 unspecified atom stereocenters. The molecule has 0 saturated carbocycles. The van der Waals surface area contributed by atoms with E-state index in [4.69, 9.17) is 0 Å². The maximum atomic E-state index is 12.6. The number of aromatic nitrogens is 3. The molecule has 7 heteroatoms. The van der Waals surface area contributed by atoms with E-state index in [0.29, 0.717) is 12.2 Å². The lowest BCUT2D eigenvalue weighted by molar-refractivity contribution is -0.122. The van der Waals surface area contributed by atoms with E-state index in [1.807, 2.05) is 54.1 Å². The van der Waals surface area contributed by atoms with Gasteiger partial charge in [-0.3, -0.25) is 14.2 Å². The van der Waals surface area contributed by atoms with E-state index in [-0.39, 0.29) is 24.2 Å². The second-order valence-electron chi connectivity index (χ2n) is 6.48. The summed E-state index contributed by atoms with van der Waals surface area (Å²) in [6, 6.07) is 13.0. The van der Waals surface area contributed by atoms with Crippen molar-refractivity contribution in [3.63, 3.8) is 0 Å². The standard InChI is InChI=1S/C20H19N5O2/c1-14-21-9-10-24(14)18-8-7-16(12-22-18)23-20(27)15-11-19(26)25(13-15)17-5-3-2-4-6-17/h2-10,12,15H,11,13H2,1H3,(H,23,27). The van der Waals surface area contributed by atoms with Gasteiger partial charge in [0, 0.05) is 31.0 Å². The number of hydrogen-bond acceptors (Lipinski definition) is 4. The summed E-state index contributed by atoms with van der Waals surface area (Å²) in [4.78, 5) is 35.0. The molecule has 2 aromatic heterocycles. The van der Waals surface area contributed by atoms with Crippen molar-refractivity contribution in [2.75, 3.05) is 16.8 Å². The fraction of sp³-hybridized carbons (Fsp3) is 0.200. The number of nitrogens with one attached hydrogen (secondary N) is 1. The van der Waals surface area contributed by atoms with Gasteiger partial charge in [-0.1, -0.05) is 18.2 Å². The Morgan fingerprint density at radius 3 is 2.63 bits per heavy atom. The first-order valence-electron chi connectivity index (χ1n) is 8.74. The lowest BCUT2D eigenvalue weighted by Crippen LogP contribution is -2.28. The lowest BCUT2D eigenvalue weighted by atomic mass is 10.1. The van der Waals surface area contributed by atoms with Crippen LogP contribution < -0.4 is 10.2 Å². The highest BCUT2D eigenvalue weighted by atomic mass is 16.2. The number of aryl methyl sites for hydroxylation is 1. The monoisotopic (exact) mass is 361 g/mol. The van der Waals surface area contributed by atoms with Crippen molar-refractivity contribution < 1.29 is 9.59 Å². The Hall–Kier alpha value is -3.48. The minimum absolute atomic E-state index is 0.0367. The van der Waals surface area contributed by atoms with Crippen LogP contribution in [0.5, 0.6) is 0 Å². The molecule has 1 atom stereocenters. The number of amides is 2. The quantitative estimate of drug-likeness (QED) is 0.774. The third-order valence-electron chi connectivity index (χ3n) is 4.65. The third-order valence-corrected chi connectivity index (χ3v) is 4.65. The van der Waals surface area contributed by atoms with Crippen LogP contribution in [0.4, 0.5) is 11.4 Å². The number of para-hydroxylation sites is 1. The van der Waals surface area contributed by atoms with Crippen molar-refractivity contribution >= 4 is 23.2 Å². The van der Waals surface area contributed by atoms with Crippen molar-refractivity contribution in [3.05, 3.63) is 66.9 Å². The number of nitrogens with zero attached hydrogens (tertiary/aromatic N) is 4. The zero-order valence-electron chi connectivity index (χ0n) is 14.9. The largest absolute Gasteiger partial charge is 0.324 e. The fourth-order valence-electron chi connectivity index (χ4n) is 3.21. The normalized spacial score (nSPS) is 16.6. The van der Waals surface area contributed by atoms with Crippen molar-refractivity contribution in [1.82, 2.24) is 14.5 Å². The smallest absolute Gasteiger partial charge is 0.229 e. The molecule has 4 rings (SSSR count). The molecule has 3 aromatic rings. The summed E-state index contributed by atoms with van der Waals surface area (Å²) in [6.45, 7) is 2.28. The van der Waals surface area contributed by atoms with Crippen LogP contribution in [0.1, 0.15) is 12.2 Å². The maximum Gasteiger partial charge on any atom is 0.229 e. The first-order valence-corrected chi connectivity index (χ1v) is 8.74. The van der Waals surface area contributed by atoms with E-state index < -0.39 is 0 Å². The molecule has 1 aliphatic heterocycles. The van der Waals surface area contributed by atoms with Gasteiger partial charge in [0.05, 0.1) is 17.8 Å². The van der Waals surface area contributed by atoms with Crippen molar-refractivity contribution in [3.8, 4) is 5.82 Å². The minimum Gasteiger partial charge on any atom is -0.324 e. The van der Waals surface area contributed by atoms with Gasteiger partial charge in [-0.25, -0.2) is 9.97 Å². The molecule has 1 aromatic carbocycles. The molecule has 1 aliphatic rings. The molecule has 0 bridgehead atoms. The Bertz CT molecular complexity index is 966. The molecule has 1 saturated heterocycles. The Morgan fingerprint density at radius 2 is 1.96 bits per heavy atom. The molecule has 2 amide bonds. The molecule has 0 spiro atoms. The fourth-order valence-corrected chi connectivity index (χ4v) is 3.21. The van der Waals surface area contributed by atoms with Crippen LogP contribution in [-0.4, -0.2) is 32.9 Å². The van der Waals surface area contributed by atoms with Gasteiger partial charge < -0.3 is 10.2 Å². The number of pyridine rings is 1. The SMILES string of the molecule is Cc1nccn1-c1ccc(NC(=O)C2CC(=O)N(c3ccccc3)C2)cn1. The first kappa shape index (κ1) is 17.0. The van der Waals surface area contributed by atoms with E-state index in [9.17, 15) is 9.59 Å². The summed E-state index contributed by atoms with van der Waals surface area (Å²) >= 11 is 0. The number of benzene rings is 1. The highest BCUT2D eigenvalue weighted by Crippen LogP contribution is 2.25. The second kappa shape index (κ2) is 7.03. The van der Waals surface area contributed by atoms with E-state index >= 15 is 0 Å². The van der Waals surface area contributed by atoms with E-state index in [1.54, 1.807) is 23.4 Å². The zero-order valence-corrected chi connectivity index (χ0v) is 14.9. The Balaban J connectivity index is 1.42. The number of carbonyl (C=O) groups excluding carboxylic acids is 2. The van der Waals surface area contributed by atoms with Gasteiger partial charge in [0.1, 0.15) is 11.6 Å². The summed E-state index contributed by atoms with van der Waals surface area (Å²) in [7, 11) is 0. The van der Waals surface area contributed by atoms with Crippen LogP contribution in [0.2, 0.25) is 0 Å². The summed E-state index contributed by atoms with van der Waals surface area (Å²) in [6.07, 6.45) is 5.36. The highest BCUT2D eigenvalue weighted by Gasteiger charge is 2.35. The summed E-state index contributed by atoms with van der Waals surface area (Å²) in [5.41, 5.74) is 1.42. The minimum atomic E-state index is -0.381. The molecule has 1 N–H and O–H groups in total. The van der Waals surface area contributed by atoms with Crippen LogP contribution in [0.3, 0.4) is 0 Å². The third kappa shape index (κ3) is 3.44. The van der Waals surface area contributed by atoms with Gasteiger partial charge in [-0.15, -0.1) is 0 Å². The van der Waals surface area contributed by atoms with Crippen molar-refractivity contribution in [2.24, 2.45) is 5.92 Å². The van der Waals surface area contributed by atoms with Crippen LogP contribution in [0.25, 0.3) is 5.82 Å². The van der Waals surface area contributed by atoms with Gasteiger partial charge in [-0.05, 0) is 31.2 Å². The zero-order chi connectivity index (χ0) is 18.8. The van der Waals surface area contributed by atoms with Crippen molar-refractivity contribution in [2.45, 2.75) is 13.3 Å². The predicted molar refractivity (Wildman–Crippen MR) is 102 cm³/mol. The van der Waals surface area contributed by atoms with E-state index in [0.717, 1.165) is 17.3 Å². The van der Waals surface area contributed by atoms with Gasteiger partial charge in [0.25, 0.3) is 0 Å². The average molecular weight is 361 g/mol. The Kier molecular flexibility index (Phi) is 4.42. The van der Waals surface area contributed by atoms with Crippen LogP contribution in [-0.2, 0) is 9.59 Å². The van der Waals surface area contributed by atoms with Crippen LogP contribution in [0, 0.1) is 12.8 Å². The maximum absolute atomic E-state index is 12.6. The molecule has 1 fully saturated rings. The van der Waals surface area contributed by atoms with E-state index in [2.05, 4.69) is 15.3 Å².